The third kappa shape index (κ3) is 4.46. The van der Waals surface area contributed by atoms with Crippen molar-refractivity contribution in [1.29, 1.82) is 0 Å². The summed E-state index contributed by atoms with van der Waals surface area (Å²) in [7, 11) is 1.67. The minimum atomic E-state index is -0.203. The number of nitrogens with one attached hydrogen (secondary N) is 2. The van der Waals surface area contributed by atoms with Gasteiger partial charge in [-0.25, -0.2) is 0 Å². The highest BCUT2D eigenvalue weighted by Crippen LogP contribution is 2.45. The number of ether oxygens (including phenoxy) is 1. The van der Waals surface area contributed by atoms with Gasteiger partial charge >= 0.3 is 0 Å². The van der Waals surface area contributed by atoms with Gasteiger partial charge in [-0.2, -0.15) is 0 Å². The first-order chi connectivity index (χ1) is 17.5. The Bertz CT molecular complexity index is 1290. The van der Waals surface area contributed by atoms with E-state index in [0.717, 1.165) is 53.5 Å². The number of benzene rings is 3. The summed E-state index contributed by atoms with van der Waals surface area (Å²) in [5.74, 6) is 1.16. The minimum Gasteiger partial charge on any atom is -0.497 e. The van der Waals surface area contributed by atoms with E-state index in [1.54, 1.807) is 7.11 Å². The predicted molar refractivity (Wildman–Crippen MR) is 148 cm³/mol. The number of fused-ring (bicyclic) bond motifs is 1. The molecule has 2 N–H and O–H groups in total. The second-order valence-corrected chi connectivity index (χ2v) is 9.65. The van der Waals surface area contributed by atoms with Gasteiger partial charge in [0, 0.05) is 36.5 Å². The fourth-order valence-electron chi connectivity index (χ4n) is 5.61. The normalized spacial score (nSPS) is 18.9. The number of allylic oxidation sites excluding steroid dienone is 1. The second kappa shape index (κ2) is 10.1. The molecule has 3 aromatic rings. The van der Waals surface area contributed by atoms with Gasteiger partial charge in [-0.05, 0) is 86.2 Å². The zero-order valence-electron chi connectivity index (χ0n) is 21.6. The minimum absolute atomic E-state index is 0.131. The molecule has 2 atom stereocenters. The first kappa shape index (κ1) is 24.0. The van der Waals surface area contributed by atoms with E-state index in [-0.39, 0.29) is 17.7 Å². The molecule has 5 heteroatoms. The predicted octanol–water partition coefficient (Wildman–Crippen LogP) is 6.83. The van der Waals surface area contributed by atoms with Crippen molar-refractivity contribution >= 4 is 22.8 Å². The fourth-order valence-corrected chi connectivity index (χ4v) is 5.61. The van der Waals surface area contributed by atoms with E-state index in [1.807, 2.05) is 24.3 Å². The van der Waals surface area contributed by atoms with E-state index in [2.05, 4.69) is 78.8 Å². The van der Waals surface area contributed by atoms with Gasteiger partial charge < -0.3 is 20.3 Å². The number of anilines is 3. The summed E-state index contributed by atoms with van der Waals surface area (Å²) in [6.07, 6.45) is 1.29. The van der Waals surface area contributed by atoms with Crippen LogP contribution in [0.1, 0.15) is 55.3 Å². The molecule has 0 aromatic heterocycles. The number of methoxy groups -OCH3 is 1. The standard InChI is InChI=1S/C31H35N3O2/c1-5-34(6-2)23-13-16-25(20(3)17-23)31-30-28(32-26-9-7-8-10-27(26)33-31)18-22(19-29(30)35)21-11-14-24(36-4)15-12-21/h7-17,22,31-33H,5-6,18-19H2,1-4H3. The van der Waals surface area contributed by atoms with Crippen molar-refractivity contribution in [2.45, 2.75) is 45.6 Å². The molecule has 0 saturated heterocycles. The van der Waals surface area contributed by atoms with E-state index >= 15 is 0 Å². The Morgan fingerprint density at radius 2 is 1.67 bits per heavy atom. The maximum absolute atomic E-state index is 13.8. The van der Waals surface area contributed by atoms with Crippen molar-refractivity contribution < 1.29 is 9.53 Å². The SMILES string of the molecule is CCN(CC)c1ccc(C2Nc3ccccc3NC3=C2C(=O)CC(c2ccc(OC)cc2)C3)c(C)c1. The molecular formula is C31H35N3O2. The van der Waals surface area contributed by atoms with Gasteiger partial charge in [-0.1, -0.05) is 30.3 Å². The van der Waals surface area contributed by atoms with Crippen LogP contribution in [-0.4, -0.2) is 26.0 Å². The number of rotatable bonds is 6. The van der Waals surface area contributed by atoms with Crippen LogP contribution in [0, 0.1) is 6.92 Å². The van der Waals surface area contributed by atoms with Gasteiger partial charge in [0.2, 0.25) is 0 Å². The lowest BCUT2D eigenvalue weighted by atomic mass is 9.78. The van der Waals surface area contributed by atoms with Crippen molar-refractivity contribution in [3.8, 4) is 5.75 Å². The first-order valence-electron chi connectivity index (χ1n) is 12.9. The van der Waals surface area contributed by atoms with Crippen LogP contribution < -0.4 is 20.3 Å². The molecule has 0 fully saturated rings. The number of hydrogen-bond acceptors (Lipinski definition) is 5. The molecule has 0 radical (unpaired) electrons. The molecule has 0 spiro atoms. The van der Waals surface area contributed by atoms with Crippen molar-refractivity contribution in [3.63, 3.8) is 0 Å². The van der Waals surface area contributed by atoms with Gasteiger partial charge in [0.25, 0.3) is 0 Å². The molecule has 1 aliphatic carbocycles. The lowest BCUT2D eigenvalue weighted by molar-refractivity contribution is -0.116. The zero-order valence-corrected chi connectivity index (χ0v) is 21.6. The average molecular weight is 482 g/mol. The van der Waals surface area contributed by atoms with Crippen molar-refractivity contribution in [3.05, 3.63) is 94.7 Å². The van der Waals surface area contributed by atoms with Crippen LogP contribution >= 0.6 is 0 Å². The highest BCUT2D eigenvalue weighted by atomic mass is 16.5. The van der Waals surface area contributed by atoms with Crippen LogP contribution in [0.4, 0.5) is 17.1 Å². The smallest absolute Gasteiger partial charge is 0.163 e. The number of aryl methyl sites for hydroxylation is 1. The molecule has 3 aromatic carbocycles. The van der Waals surface area contributed by atoms with E-state index in [4.69, 9.17) is 4.74 Å². The van der Waals surface area contributed by atoms with Crippen molar-refractivity contribution in [2.75, 3.05) is 35.7 Å². The highest BCUT2D eigenvalue weighted by molar-refractivity contribution is 6.01. The number of hydrogen-bond donors (Lipinski definition) is 2. The van der Waals surface area contributed by atoms with Crippen LogP contribution in [0.3, 0.4) is 0 Å². The summed E-state index contributed by atoms with van der Waals surface area (Å²) >= 11 is 0. The monoisotopic (exact) mass is 481 g/mol. The summed E-state index contributed by atoms with van der Waals surface area (Å²) in [5.41, 5.74) is 8.61. The number of nitrogens with zero attached hydrogens (tertiary/aromatic N) is 1. The van der Waals surface area contributed by atoms with Gasteiger partial charge in [0.15, 0.2) is 5.78 Å². The summed E-state index contributed by atoms with van der Waals surface area (Å²) in [6.45, 7) is 8.45. The van der Waals surface area contributed by atoms with E-state index in [9.17, 15) is 4.79 Å². The Morgan fingerprint density at radius 3 is 2.33 bits per heavy atom. The summed E-state index contributed by atoms with van der Waals surface area (Å²) in [5, 5.41) is 7.37. The zero-order chi connectivity index (χ0) is 25.2. The molecule has 2 unspecified atom stereocenters. The number of Topliss-reactive ketones (excluding diaryl/α,β-unsaturated/α-hetero) is 1. The molecule has 1 heterocycles. The molecule has 0 bridgehead atoms. The maximum atomic E-state index is 13.8. The molecule has 5 rings (SSSR count). The molecule has 186 valence electrons. The molecule has 36 heavy (non-hydrogen) atoms. The largest absolute Gasteiger partial charge is 0.497 e. The quantitative estimate of drug-likeness (QED) is 0.404. The van der Waals surface area contributed by atoms with E-state index < -0.39 is 0 Å². The Labute approximate surface area is 214 Å². The number of para-hydroxylation sites is 2. The van der Waals surface area contributed by atoms with Crippen LogP contribution in [0.15, 0.2) is 78.0 Å². The highest BCUT2D eigenvalue weighted by Gasteiger charge is 2.36. The lowest BCUT2D eigenvalue weighted by Crippen LogP contribution is -2.27. The van der Waals surface area contributed by atoms with Crippen LogP contribution in [0.5, 0.6) is 5.75 Å². The van der Waals surface area contributed by atoms with Gasteiger partial charge in [-0.3, -0.25) is 4.79 Å². The molecular weight excluding hydrogens is 446 g/mol. The number of carbonyl (C=O) groups excluding carboxylic acids is 1. The molecule has 5 nitrogen and oxygen atoms in total. The third-order valence-electron chi connectivity index (χ3n) is 7.59. The Kier molecular flexibility index (Phi) is 6.73. The summed E-state index contributed by atoms with van der Waals surface area (Å²) in [6, 6.07) is 22.8. The Morgan fingerprint density at radius 1 is 0.944 bits per heavy atom. The van der Waals surface area contributed by atoms with Crippen LogP contribution in [0.2, 0.25) is 0 Å². The van der Waals surface area contributed by atoms with Crippen molar-refractivity contribution in [1.82, 2.24) is 0 Å². The number of ketones is 1. The van der Waals surface area contributed by atoms with Crippen LogP contribution in [-0.2, 0) is 4.79 Å². The molecule has 0 saturated carbocycles. The van der Waals surface area contributed by atoms with Crippen LogP contribution in [0.25, 0.3) is 0 Å². The summed E-state index contributed by atoms with van der Waals surface area (Å²) < 4.78 is 5.33. The van der Waals surface area contributed by atoms with Gasteiger partial charge in [-0.15, -0.1) is 0 Å². The van der Waals surface area contributed by atoms with E-state index in [0.29, 0.717) is 6.42 Å². The Hall–Kier alpha value is -3.73. The maximum Gasteiger partial charge on any atom is 0.163 e. The Balaban J connectivity index is 1.57. The summed E-state index contributed by atoms with van der Waals surface area (Å²) in [4.78, 5) is 16.2. The molecule has 0 amide bonds. The van der Waals surface area contributed by atoms with E-state index in [1.165, 1.54) is 16.8 Å². The fraction of sp³-hybridized carbons (Fsp3) is 0.323. The second-order valence-electron chi connectivity index (χ2n) is 9.65. The molecule has 2 aliphatic rings. The molecule has 1 aliphatic heterocycles. The first-order valence-corrected chi connectivity index (χ1v) is 12.9. The van der Waals surface area contributed by atoms with Gasteiger partial charge in [0.1, 0.15) is 5.75 Å². The van der Waals surface area contributed by atoms with Gasteiger partial charge in [0.05, 0.1) is 24.5 Å². The average Bonchev–Trinajstić information content (AvgIpc) is 3.06. The third-order valence-corrected chi connectivity index (χ3v) is 7.59. The number of carbonyl (C=O) groups is 1. The topological polar surface area (TPSA) is 53.6 Å². The lowest BCUT2D eigenvalue weighted by Gasteiger charge is -2.31. The van der Waals surface area contributed by atoms with Crippen molar-refractivity contribution in [2.24, 2.45) is 0 Å².